The van der Waals surface area contributed by atoms with Crippen LogP contribution in [0.5, 0.6) is 0 Å². The average Bonchev–Trinajstić information content (AvgIpc) is 2.30. The van der Waals surface area contributed by atoms with Crippen molar-refractivity contribution in [3.8, 4) is 0 Å². The molecule has 1 N–H and O–H groups in total. The van der Waals surface area contributed by atoms with Crippen molar-refractivity contribution in [1.29, 1.82) is 0 Å². The second-order valence-corrected chi connectivity index (χ2v) is 6.43. The van der Waals surface area contributed by atoms with Gasteiger partial charge in [0.1, 0.15) is 0 Å². The second kappa shape index (κ2) is 8.39. The van der Waals surface area contributed by atoms with Crippen molar-refractivity contribution in [3.63, 3.8) is 0 Å². The van der Waals surface area contributed by atoms with Crippen LogP contribution in [0.4, 0.5) is 0 Å². The molecule has 2 nitrogen and oxygen atoms in total. The van der Waals surface area contributed by atoms with Crippen LogP contribution in [0.3, 0.4) is 0 Å². The molecule has 0 aromatic rings. The third-order valence-corrected chi connectivity index (χ3v) is 4.39. The molecule has 0 unspecified atom stereocenters. The Labute approximate surface area is 118 Å². The third kappa shape index (κ3) is 5.80. The number of carbonyl (C=O) groups is 1. The summed E-state index contributed by atoms with van der Waals surface area (Å²) in [5, 5.41) is 9.32. The highest BCUT2D eigenvalue weighted by atomic mass is 16.4. The van der Waals surface area contributed by atoms with Gasteiger partial charge in [0.15, 0.2) is 0 Å². The highest BCUT2D eigenvalue weighted by Crippen LogP contribution is 2.33. The molecule has 1 rings (SSSR count). The Hall–Kier alpha value is -0.790. The van der Waals surface area contributed by atoms with Crippen LogP contribution in [0.25, 0.3) is 0 Å². The summed E-state index contributed by atoms with van der Waals surface area (Å²) in [6.45, 7) is 6.23. The first-order valence-electron chi connectivity index (χ1n) is 7.95. The zero-order valence-electron chi connectivity index (χ0n) is 12.9. The number of hydrogen-bond donors (Lipinski definition) is 1. The minimum Gasteiger partial charge on any atom is -0.478 e. The molecule has 1 saturated carbocycles. The van der Waals surface area contributed by atoms with Crippen LogP contribution >= 0.6 is 0 Å². The summed E-state index contributed by atoms with van der Waals surface area (Å²) in [4.78, 5) is 11.3. The van der Waals surface area contributed by atoms with Crippen molar-refractivity contribution < 1.29 is 9.90 Å². The quantitative estimate of drug-likeness (QED) is 0.696. The van der Waals surface area contributed by atoms with Crippen molar-refractivity contribution in [1.82, 2.24) is 0 Å². The third-order valence-electron chi connectivity index (χ3n) is 4.39. The van der Waals surface area contributed by atoms with E-state index >= 15 is 0 Å². The lowest BCUT2D eigenvalue weighted by Gasteiger charge is -2.24. The Bertz CT molecular complexity index is 307. The fourth-order valence-electron chi connectivity index (χ4n) is 3.08. The Morgan fingerprint density at radius 2 is 1.63 bits per heavy atom. The van der Waals surface area contributed by atoms with Gasteiger partial charge in [-0.2, -0.15) is 0 Å². The minimum atomic E-state index is -0.721. The zero-order chi connectivity index (χ0) is 14.3. The molecular weight excluding hydrogens is 236 g/mol. The van der Waals surface area contributed by atoms with Gasteiger partial charge in [-0.25, -0.2) is 4.79 Å². The molecule has 2 heteroatoms. The van der Waals surface area contributed by atoms with Gasteiger partial charge in [-0.1, -0.05) is 51.5 Å². The van der Waals surface area contributed by atoms with E-state index < -0.39 is 5.97 Å². The van der Waals surface area contributed by atoms with Crippen molar-refractivity contribution in [2.24, 2.45) is 11.8 Å². The number of hydrogen-bond acceptors (Lipinski definition) is 1. The predicted molar refractivity (Wildman–Crippen MR) is 80.2 cm³/mol. The van der Waals surface area contributed by atoms with Crippen LogP contribution < -0.4 is 0 Å². The number of aliphatic carboxylic acids is 1. The van der Waals surface area contributed by atoms with Crippen LogP contribution in [0.15, 0.2) is 11.1 Å². The van der Waals surface area contributed by atoms with E-state index in [1.165, 1.54) is 50.5 Å². The summed E-state index contributed by atoms with van der Waals surface area (Å²) in [5.41, 5.74) is 1.86. The SMILES string of the molecule is CC(C(=O)O)=C(CCC(C)C)C1CCCCCCC1. The Balaban J connectivity index is 2.81. The molecule has 0 aliphatic heterocycles. The summed E-state index contributed by atoms with van der Waals surface area (Å²) < 4.78 is 0. The molecule has 0 heterocycles. The first-order valence-corrected chi connectivity index (χ1v) is 7.95. The topological polar surface area (TPSA) is 37.3 Å². The van der Waals surface area contributed by atoms with Crippen LogP contribution in [-0.4, -0.2) is 11.1 Å². The van der Waals surface area contributed by atoms with Gasteiger partial charge >= 0.3 is 5.97 Å². The van der Waals surface area contributed by atoms with E-state index in [1.807, 2.05) is 0 Å². The molecule has 0 aromatic carbocycles. The van der Waals surface area contributed by atoms with E-state index in [9.17, 15) is 9.90 Å². The average molecular weight is 266 g/mol. The number of allylic oxidation sites excluding steroid dienone is 1. The molecule has 110 valence electrons. The monoisotopic (exact) mass is 266 g/mol. The number of carboxylic acids is 1. The van der Waals surface area contributed by atoms with E-state index in [0.717, 1.165) is 12.8 Å². The molecule has 0 radical (unpaired) electrons. The van der Waals surface area contributed by atoms with E-state index in [4.69, 9.17) is 0 Å². The van der Waals surface area contributed by atoms with Crippen LogP contribution in [-0.2, 0) is 4.79 Å². The Morgan fingerprint density at radius 3 is 2.11 bits per heavy atom. The lowest BCUT2D eigenvalue weighted by molar-refractivity contribution is -0.132. The first-order chi connectivity index (χ1) is 9.02. The highest BCUT2D eigenvalue weighted by Gasteiger charge is 2.20. The molecule has 0 saturated heterocycles. The summed E-state index contributed by atoms with van der Waals surface area (Å²) >= 11 is 0. The van der Waals surface area contributed by atoms with E-state index in [2.05, 4.69) is 13.8 Å². The standard InChI is InChI=1S/C17H30O2/c1-13(2)11-12-16(14(3)17(18)19)15-9-7-5-4-6-8-10-15/h13,15H,4-12H2,1-3H3,(H,18,19). The smallest absolute Gasteiger partial charge is 0.331 e. The molecule has 0 spiro atoms. The molecule has 19 heavy (non-hydrogen) atoms. The van der Waals surface area contributed by atoms with Gasteiger partial charge in [0, 0.05) is 5.57 Å². The first kappa shape index (κ1) is 16.3. The minimum absolute atomic E-state index is 0.523. The maximum Gasteiger partial charge on any atom is 0.331 e. The van der Waals surface area contributed by atoms with Gasteiger partial charge < -0.3 is 5.11 Å². The van der Waals surface area contributed by atoms with Gasteiger partial charge in [0.2, 0.25) is 0 Å². The van der Waals surface area contributed by atoms with Crippen LogP contribution in [0.1, 0.15) is 78.6 Å². The van der Waals surface area contributed by atoms with Crippen molar-refractivity contribution >= 4 is 5.97 Å². The van der Waals surface area contributed by atoms with Gasteiger partial charge in [-0.05, 0) is 44.4 Å². The summed E-state index contributed by atoms with van der Waals surface area (Å²) in [5.74, 6) is 0.445. The molecule has 0 atom stereocenters. The molecule has 0 bridgehead atoms. The molecule has 1 aliphatic carbocycles. The summed E-state index contributed by atoms with van der Waals surface area (Å²) in [6.07, 6.45) is 11.0. The fraction of sp³-hybridized carbons (Fsp3) is 0.824. The lowest BCUT2D eigenvalue weighted by atomic mass is 9.81. The normalized spacial score (nSPS) is 19.8. The van der Waals surface area contributed by atoms with Gasteiger partial charge in [0.05, 0.1) is 0 Å². The largest absolute Gasteiger partial charge is 0.478 e. The summed E-state index contributed by atoms with van der Waals surface area (Å²) in [7, 11) is 0. The van der Waals surface area contributed by atoms with Crippen LogP contribution in [0, 0.1) is 11.8 Å². The van der Waals surface area contributed by atoms with Crippen LogP contribution in [0.2, 0.25) is 0 Å². The van der Waals surface area contributed by atoms with Gasteiger partial charge in [0.25, 0.3) is 0 Å². The fourth-order valence-corrected chi connectivity index (χ4v) is 3.08. The van der Waals surface area contributed by atoms with Crippen molar-refractivity contribution in [2.75, 3.05) is 0 Å². The predicted octanol–water partition coefficient (Wildman–Crippen LogP) is 5.18. The zero-order valence-corrected chi connectivity index (χ0v) is 12.9. The summed E-state index contributed by atoms with van der Waals surface area (Å²) in [6, 6.07) is 0. The number of rotatable bonds is 5. The van der Waals surface area contributed by atoms with E-state index in [1.54, 1.807) is 6.92 Å². The molecule has 1 fully saturated rings. The highest BCUT2D eigenvalue weighted by molar-refractivity contribution is 5.86. The molecular formula is C17H30O2. The Kier molecular flexibility index (Phi) is 7.19. The van der Waals surface area contributed by atoms with Gasteiger partial charge in [-0.3, -0.25) is 0 Å². The van der Waals surface area contributed by atoms with E-state index in [-0.39, 0.29) is 0 Å². The Morgan fingerprint density at radius 1 is 1.11 bits per heavy atom. The second-order valence-electron chi connectivity index (χ2n) is 6.43. The molecule has 0 aromatic heterocycles. The lowest BCUT2D eigenvalue weighted by Crippen LogP contribution is -2.13. The maximum absolute atomic E-state index is 11.3. The van der Waals surface area contributed by atoms with E-state index in [0.29, 0.717) is 17.4 Å². The van der Waals surface area contributed by atoms with Gasteiger partial charge in [-0.15, -0.1) is 0 Å². The molecule has 0 amide bonds. The maximum atomic E-state index is 11.3. The van der Waals surface area contributed by atoms with Crippen molar-refractivity contribution in [3.05, 3.63) is 11.1 Å². The number of carboxylic acid groups (broad SMARTS) is 1. The van der Waals surface area contributed by atoms with Crippen molar-refractivity contribution in [2.45, 2.75) is 78.6 Å². The molecule has 1 aliphatic rings.